The molecule has 1 aliphatic rings. The summed E-state index contributed by atoms with van der Waals surface area (Å²) in [4.78, 5) is 0. The monoisotopic (exact) mass is 203 g/mol. The smallest absolute Gasteiger partial charge is 0.00177 e. The fourth-order valence-electron chi connectivity index (χ4n) is 2.66. The van der Waals surface area contributed by atoms with Crippen molar-refractivity contribution in [1.29, 1.82) is 0 Å². The van der Waals surface area contributed by atoms with Crippen LogP contribution in [0.2, 0.25) is 0 Å². The van der Waals surface area contributed by atoms with Gasteiger partial charge in [-0.25, -0.2) is 0 Å². The number of hydrogen-bond donors (Lipinski definition) is 1. The van der Waals surface area contributed by atoms with Crippen LogP contribution in [0.15, 0.2) is 18.2 Å². The van der Waals surface area contributed by atoms with Crippen LogP contribution in [0.5, 0.6) is 0 Å². The number of benzene rings is 1. The standard InChI is InChI=1S/C14H21N/c1-10-5-4-6-13(11(10)2)14-8-7-12(14)9-15-3/h4-6,12,14-15H,7-9H2,1-3H3. The summed E-state index contributed by atoms with van der Waals surface area (Å²) in [7, 11) is 2.05. The lowest BCUT2D eigenvalue weighted by atomic mass is 9.68. The second-order valence-electron chi connectivity index (χ2n) is 4.79. The van der Waals surface area contributed by atoms with E-state index >= 15 is 0 Å². The molecule has 2 atom stereocenters. The van der Waals surface area contributed by atoms with Crippen molar-refractivity contribution in [2.24, 2.45) is 5.92 Å². The molecule has 2 rings (SSSR count). The Morgan fingerprint density at radius 1 is 1.27 bits per heavy atom. The first-order valence-corrected chi connectivity index (χ1v) is 5.94. The minimum atomic E-state index is 0.803. The van der Waals surface area contributed by atoms with Crippen molar-refractivity contribution in [3.63, 3.8) is 0 Å². The molecule has 0 saturated heterocycles. The molecule has 2 unspecified atom stereocenters. The molecule has 1 aromatic rings. The minimum Gasteiger partial charge on any atom is -0.319 e. The van der Waals surface area contributed by atoms with Gasteiger partial charge in [-0.2, -0.15) is 0 Å². The summed E-state index contributed by atoms with van der Waals surface area (Å²) in [6, 6.07) is 6.73. The molecule has 1 heteroatoms. The summed E-state index contributed by atoms with van der Waals surface area (Å²) in [5.41, 5.74) is 4.52. The Morgan fingerprint density at radius 2 is 2.07 bits per heavy atom. The maximum absolute atomic E-state index is 3.30. The molecule has 0 heterocycles. The van der Waals surface area contributed by atoms with Gasteiger partial charge in [0.05, 0.1) is 0 Å². The van der Waals surface area contributed by atoms with Gasteiger partial charge in [0.15, 0.2) is 0 Å². The average Bonchev–Trinajstić information content (AvgIpc) is 2.20. The normalized spacial score (nSPS) is 25.0. The van der Waals surface area contributed by atoms with E-state index in [2.05, 4.69) is 44.4 Å². The van der Waals surface area contributed by atoms with Crippen molar-refractivity contribution in [3.8, 4) is 0 Å². The summed E-state index contributed by atoms with van der Waals surface area (Å²) in [6.45, 7) is 5.64. The molecule has 1 saturated carbocycles. The van der Waals surface area contributed by atoms with E-state index in [0.29, 0.717) is 0 Å². The van der Waals surface area contributed by atoms with Crippen molar-refractivity contribution < 1.29 is 0 Å². The van der Waals surface area contributed by atoms with Gasteiger partial charge in [-0.05, 0) is 68.8 Å². The van der Waals surface area contributed by atoms with E-state index in [-0.39, 0.29) is 0 Å². The van der Waals surface area contributed by atoms with E-state index in [1.165, 1.54) is 24.0 Å². The third-order valence-electron chi connectivity index (χ3n) is 3.93. The zero-order chi connectivity index (χ0) is 10.8. The van der Waals surface area contributed by atoms with Crippen molar-refractivity contribution in [2.75, 3.05) is 13.6 Å². The van der Waals surface area contributed by atoms with Gasteiger partial charge in [0.25, 0.3) is 0 Å². The molecule has 1 aromatic carbocycles. The van der Waals surface area contributed by atoms with E-state index < -0.39 is 0 Å². The summed E-state index contributed by atoms with van der Waals surface area (Å²) < 4.78 is 0. The van der Waals surface area contributed by atoms with E-state index in [9.17, 15) is 0 Å². The number of rotatable bonds is 3. The third-order valence-corrected chi connectivity index (χ3v) is 3.93. The van der Waals surface area contributed by atoms with E-state index in [4.69, 9.17) is 0 Å². The highest BCUT2D eigenvalue weighted by atomic mass is 14.8. The van der Waals surface area contributed by atoms with E-state index in [0.717, 1.165) is 18.4 Å². The Labute approximate surface area is 92.9 Å². The van der Waals surface area contributed by atoms with E-state index in [1.807, 2.05) is 0 Å². The van der Waals surface area contributed by atoms with Gasteiger partial charge in [-0.3, -0.25) is 0 Å². The van der Waals surface area contributed by atoms with Crippen molar-refractivity contribution in [3.05, 3.63) is 34.9 Å². The van der Waals surface area contributed by atoms with Gasteiger partial charge in [-0.1, -0.05) is 18.2 Å². The number of aryl methyl sites for hydroxylation is 1. The Bertz CT molecular complexity index is 343. The van der Waals surface area contributed by atoms with Crippen LogP contribution < -0.4 is 5.32 Å². The van der Waals surface area contributed by atoms with Gasteiger partial charge in [0.1, 0.15) is 0 Å². The molecule has 1 nitrogen and oxygen atoms in total. The van der Waals surface area contributed by atoms with Crippen LogP contribution in [0, 0.1) is 19.8 Å². The molecule has 15 heavy (non-hydrogen) atoms. The molecule has 82 valence electrons. The van der Waals surface area contributed by atoms with Crippen molar-refractivity contribution >= 4 is 0 Å². The zero-order valence-electron chi connectivity index (χ0n) is 10.0. The number of hydrogen-bond acceptors (Lipinski definition) is 1. The molecule has 0 aliphatic heterocycles. The molecule has 0 bridgehead atoms. The maximum atomic E-state index is 3.30. The van der Waals surface area contributed by atoms with Gasteiger partial charge in [0.2, 0.25) is 0 Å². The molecular weight excluding hydrogens is 182 g/mol. The molecule has 1 fully saturated rings. The topological polar surface area (TPSA) is 12.0 Å². The van der Waals surface area contributed by atoms with Crippen LogP contribution in [0.1, 0.15) is 35.4 Å². The zero-order valence-corrected chi connectivity index (χ0v) is 10.0. The number of nitrogens with one attached hydrogen (secondary N) is 1. The molecule has 0 spiro atoms. The highest BCUT2D eigenvalue weighted by Gasteiger charge is 2.32. The maximum Gasteiger partial charge on any atom is -0.00177 e. The second kappa shape index (κ2) is 4.36. The summed E-state index contributed by atoms with van der Waals surface area (Å²) in [6.07, 6.45) is 2.76. The van der Waals surface area contributed by atoms with Crippen molar-refractivity contribution in [2.45, 2.75) is 32.6 Å². The molecular formula is C14H21N. The summed E-state index contributed by atoms with van der Waals surface area (Å²) >= 11 is 0. The van der Waals surface area contributed by atoms with Gasteiger partial charge < -0.3 is 5.32 Å². The quantitative estimate of drug-likeness (QED) is 0.796. The van der Waals surface area contributed by atoms with Crippen LogP contribution in [0.4, 0.5) is 0 Å². The van der Waals surface area contributed by atoms with Crippen LogP contribution in [-0.2, 0) is 0 Å². The lowest BCUT2D eigenvalue weighted by Gasteiger charge is -2.38. The van der Waals surface area contributed by atoms with Crippen LogP contribution in [-0.4, -0.2) is 13.6 Å². The van der Waals surface area contributed by atoms with Gasteiger partial charge in [-0.15, -0.1) is 0 Å². The third kappa shape index (κ3) is 1.93. The fourth-order valence-corrected chi connectivity index (χ4v) is 2.66. The van der Waals surface area contributed by atoms with Crippen LogP contribution in [0.3, 0.4) is 0 Å². The predicted octanol–water partition coefficient (Wildman–Crippen LogP) is 3.02. The molecule has 1 aliphatic carbocycles. The van der Waals surface area contributed by atoms with E-state index in [1.54, 1.807) is 5.56 Å². The first-order chi connectivity index (χ1) is 7.24. The minimum absolute atomic E-state index is 0.803. The summed E-state index contributed by atoms with van der Waals surface area (Å²) in [5, 5.41) is 3.30. The first kappa shape index (κ1) is 10.7. The Morgan fingerprint density at radius 3 is 2.67 bits per heavy atom. The summed E-state index contributed by atoms with van der Waals surface area (Å²) in [5.74, 6) is 1.66. The van der Waals surface area contributed by atoms with Gasteiger partial charge in [0, 0.05) is 0 Å². The van der Waals surface area contributed by atoms with Crippen LogP contribution in [0.25, 0.3) is 0 Å². The Balaban J connectivity index is 2.19. The average molecular weight is 203 g/mol. The molecule has 0 amide bonds. The first-order valence-electron chi connectivity index (χ1n) is 5.94. The highest BCUT2D eigenvalue weighted by Crippen LogP contribution is 2.43. The Hall–Kier alpha value is -0.820. The predicted molar refractivity (Wildman–Crippen MR) is 65.3 cm³/mol. The molecule has 0 aromatic heterocycles. The second-order valence-corrected chi connectivity index (χ2v) is 4.79. The van der Waals surface area contributed by atoms with Gasteiger partial charge >= 0.3 is 0 Å². The van der Waals surface area contributed by atoms with Crippen molar-refractivity contribution in [1.82, 2.24) is 5.32 Å². The molecule has 0 radical (unpaired) electrons. The molecule has 1 N–H and O–H groups in total. The largest absolute Gasteiger partial charge is 0.319 e. The highest BCUT2D eigenvalue weighted by molar-refractivity contribution is 5.37. The fraction of sp³-hybridized carbons (Fsp3) is 0.571. The van der Waals surface area contributed by atoms with Crippen LogP contribution >= 0.6 is 0 Å². The lowest BCUT2D eigenvalue weighted by molar-refractivity contribution is 0.250. The Kier molecular flexibility index (Phi) is 3.11. The SMILES string of the molecule is CNCC1CCC1c1cccc(C)c1C. The lowest BCUT2D eigenvalue weighted by Crippen LogP contribution is -2.32.